The average Bonchev–Trinajstić information content (AvgIpc) is 2.30. The Morgan fingerprint density at radius 3 is 3.06 bits per heavy atom. The van der Waals surface area contributed by atoms with E-state index in [4.69, 9.17) is 0 Å². The molecule has 0 bridgehead atoms. The molecule has 0 spiro atoms. The molecule has 2 N–H and O–H groups in total. The zero-order chi connectivity index (χ0) is 12.1. The second-order valence-corrected chi connectivity index (χ2v) is 4.80. The molecule has 0 aliphatic carbocycles. The number of nitrogens with one attached hydrogen (secondary N) is 1. The van der Waals surface area contributed by atoms with Crippen molar-refractivity contribution in [2.24, 2.45) is 5.92 Å². The SMILES string of the molecule is O=C(Cc1cccc(O)c1)CC1CCCNC1. The van der Waals surface area contributed by atoms with Crippen molar-refractivity contribution in [1.82, 2.24) is 5.32 Å². The van der Waals surface area contributed by atoms with Crippen LogP contribution < -0.4 is 5.32 Å². The highest BCUT2D eigenvalue weighted by atomic mass is 16.3. The molecule has 1 saturated heterocycles. The molecule has 92 valence electrons. The quantitative estimate of drug-likeness (QED) is 0.835. The van der Waals surface area contributed by atoms with E-state index in [-0.39, 0.29) is 11.5 Å². The zero-order valence-electron chi connectivity index (χ0n) is 9.98. The van der Waals surface area contributed by atoms with E-state index >= 15 is 0 Å². The highest BCUT2D eigenvalue weighted by Crippen LogP contribution is 2.17. The molecule has 3 nitrogen and oxygen atoms in total. The third kappa shape index (κ3) is 3.86. The molecular weight excluding hydrogens is 214 g/mol. The minimum atomic E-state index is 0.231. The Bertz CT molecular complexity index is 384. The first-order valence-electron chi connectivity index (χ1n) is 6.24. The predicted octanol–water partition coefficient (Wildman–Crippen LogP) is 1.89. The first kappa shape index (κ1) is 12.1. The van der Waals surface area contributed by atoms with Gasteiger partial charge in [-0.25, -0.2) is 0 Å². The zero-order valence-corrected chi connectivity index (χ0v) is 9.98. The van der Waals surface area contributed by atoms with Crippen LogP contribution in [0.2, 0.25) is 0 Å². The number of hydrogen-bond donors (Lipinski definition) is 2. The van der Waals surface area contributed by atoms with Crippen molar-refractivity contribution in [3.8, 4) is 5.75 Å². The first-order chi connectivity index (χ1) is 8.24. The third-order valence-corrected chi connectivity index (χ3v) is 3.23. The molecule has 1 aromatic carbocycles. The minimum Gasteiger partial charge on any atom is -0.508 e. The lowest BCUT2D eigenvalue weighted by Crippen LogP contribution is -2.31. The molecular formula is C14H19NO2. The molecule has 0 aromatic heterocycles. The Morgan fingerprint density at radius 2 is 2.35 bits per heavy atom. The van der Waals surface area contributed by atoms with E-state index in [1.54, 1.807) is 18.2 Å². The minimum absolute atomic E-state index is 0.231. The largest absolute Gasteiger partial charge is 0.508 e. The Morgan fingerprint density at radius 1 is 1.47 bits per heavy atom. The van der Waals surface area contributed by atoms with Crippen LogP contribution in [0.4, 0.5) is 0 Å². The van der Waals surface area contributed by atoms with Gasteiger partial charge in [0.2, 0.25) is 0 Å². The molecule has 0 radical (unpaired) electrons. The topological polar surface area (TPSA) is 49.3 Å². The van der Waals surface area contributed by atoms with Crippen molar-refractivity contribution in [3.05, 3.63) is 29.8 Å². The lowest BCUT2D eigenvalue weighted by atomic mass is 9.92. The van der Waals surface area contributed by atoms with E-state index in [0.29, 0.717) is 18.8 Å². The molecule has 1 aliphatic rings. The number of benzene rings is 1. The summed E-state index contributed by atoms with van der Waals surface area (Å²) in [5, 5.41) is 12.6. The number of aromatic hydroxyl groups is 1. The number of rotatable bonds is 4. The number of carbonyl (C=O) groups is 1. The van der Waals surface area contributed by atoms with Crippen molar-refractivity contribution in [2.75, 3.05) is 13.1 Å². The lowest BCUT2D eigenvalue weighted by molar-refractivity contribution is -0.119. The summed E-state index contributed by atoms with van der Waals surface area (Å²) in [6, 6.07) is 6.95. The van der Waals surface area contributed by atoms with Gasteiger partial charge < -0.3 is 10.4 Å². The van der Waals surface area contributed by atoms with Crippen molar-refractivity contribution in [1.29, 1.82) is 0 Å². The molecule has 17 heavy (non-hydrogen) atoms. The molecule has 1 unspecified atom stereocenters. The molecule has 1 fully saturated rings. The van der Waals surface area contributed by atoms with Crippen molar-refractivity contribution >= 4 is 5.78 Å². The fourth-order valence-electron chi connectivity index (χ4n) is 2.39. The number of piperidine rings is 1. The van der Waals surface area contributed by atoms with Crippen LogP contribution in [0.1, 0.15) is 24.8 Å². The second-order valence-electron chi connectivity index (χ2n) is 4.80. The molecule has 0 saturated carbocycles. The van der Waals surface area contributed by atoms with Crippen LogP contribution in [0.5, 0.6) is 5.75 Å². The van der Waals surface area contributed by atoms with Gasteiger partial charge in [0, 0.05) is 12.8 Å². The van der Waals surface area contributed by atoms with Crippen molar-refractivity contribution in [3.63, 3.8) is 0 Å². The Labute approximate surface area is 102 Å². The maximum Gasteiger partial charge on any atom is 0.137 e. The van der Waals surface area contributed by atoms with Crippen molar-refractivity contribution in [2.45, 2.75) is 25.7 Å². The van der Waals surface area contributed by atoms with Crippen LogP contribution in [0.25, 0.3) is 0 Å². The number of phenolic OH excluding ortho intramolecular Hbond substituents is 1. The number of Topliss-reactive ketones (excluding diaryl/α,β-unsaturated/α-hetero) is 1. The van der Waals surface area contributed by atoms with Gasteiger partial charge in [0.15, 0.2) is 0 Å². The van der Waals surface area contributed by atoms with Gasteiger partial charge in [-0.2, -0.15) is 0 Å². The van der Waals surface area contributed by atoms with E-state index in [2.05, 4.69) is 5.32 Å². The molecule has 0 amide bonds. The van der Waals surface area contributed by atoms with E-state index < -0.39 is 0 Å². The predicted molar refractivity (Wildman–Crippen MR) is 67.0 cm³/mol. The van der Waals surface area contributed by atoms with Crippen LogP contribution >= 0.6 is 0 Å². The summed E-state index contributed by atoms with van der Waals surface area (Å²) in [4.78, 5) is 11.9. The van der Waals surface area contributed by atoms with Gasteiger partial charge in [0.1, 0.15) is 11.5 Å². The fraction of sp³-hybridized carbons (Fsp3) is 0.500. The maximum absolute atomic E-state index is 11.9. The molecule has 3 heteroatoms. The van der Waals surface area contributed by atoms with Gasteiger partial charge in [0.05, 0.1) is 0 Å². The van der Waals surface area contributed by atoms with E-state index in [1.165, 1.54) is 6.42 Å². The molecule has 2 rings (SSSR count). The van der Waals surface area contributed by atoms with Gasteiger partial charge in [-0.15, -0.1) is 0 Å². The van der Waals surface area contributed by atoms with Crippen LogP contribution in [-0.2, 0) is 11.2 Å². The standard InChI is InChI=1S/C14H19NO2/c16-13-5-1-3-11(7-13)8-14(17)9-12-4-2-6-15-10-12/h1,3,5,7,12,15-16H,2,4,6,8-10H2. The average molecular weight is 233 g/mol. The highest BCUT2D eigenvalue weighted by molar-refractivity contribution is 5.81. The summed E-state index contributed by atoms with van der Waals surface area (Å²) < 4.78 is 0. The summed E-state index contributed by atoms with van der Waals surface area (Å²) in [6.45, 7) is 2.04. The Balaban J connectivity index is 1.84. The normalized spacial score (nSPS) is 20.1. The van der Waals surface area contributed by atoms with E-state index in [1.807, 2.05) is 6.07 Å². The number of phenols is 1. The summed E-state index contributed by atoms with van der Waals surface area (Å²) in [7, 11) is 0. The Hall–Kier alpha value is -1.35. The molecule has 1 aromatic rings. The highest BCUT2D eigenvalue weighted by Gasteiger charge is 2.16. The van der Waals surface area contributed by atoms with Crippen molar-refractivity contribution < 1.29 is 9.90 Å². The van der Waals surface area contributed by atoms with E-state index in [9.17, 15) is 9.90 Å². The van der Waals surface area contributed by atoms with Gasteiger partial charge in [0.25, 0.3) is 0 Å². The lowest BCUT2D eigenvalue weighted by Gasteiger charge is -2.21. The van der Waals surface area contributed by atoms with Crippen LogP contribution in [0.15, 0.2) is 24.3 Å². The third-order valence-electron chi connectivity index (χ3n) is 3.23. The van der Waals surface area contributed by atoms with Crippen LogP contribution in [0.3, 0.4) is 0 Å². The van der Waals surface area contributed by atoms with Crippen LogP contribution in [0, 0.1) is 5.92 Å². The van der Waals surface area contributed by atoms with Gasteiger partial charge in [-0.1, -0.05) is 12.1 Å². The van der Waals surface area contributed by atoms with Gasteiger partial charge >= 0.3 is 0 Å². The van der Waals surface area contributed by atoms with Crippen LogP contribution in [-0.4, -0.2) is 24.0 Å². The summed E-state index contributed by atoms with van der Waals surface area (Å²) >= 11 is 0. The number of carbonyl (C=O) groups excluding carboxylic acids is 1. The number of ketones is 1. The second kappa shape index (κ2) is 5.82. The van der Waals surface area contributed by atoms with Gasteiger partial charge in [-0.3, -0.25) is 4.79 Å². The maximum atomic E-state index is 11.9. The molecule has 1 atom stereocenters. The summed E-state index contributed by atoms with van der Waals surface area (Å²) in [5.74, 6) is 0.993. The smallest absolute Gasteiger partial charge is 0.137 e. The van der Waals surface area contributed by atoms with E-state index in [0.717, 1.165) is 25.1 Å². The number of hydrogen-bond acceptors (Lipinski definition) is 3. The molecule has 1 heterocycles. The monoisotopic (exact) mass is 233 g/mol. The van der Waals surface area contributed by atoms with Gasteiger partial charge in [-0.05, 0) is 49.5 Å². The first-order valence-corrected chi connectivity index (χ1v) is 6.24. The summed E-state index contributed by atoms with van der Waals surface area (Å²) in [5.41, 5.74) is 0.902. The molecule has 1 aliphatic heterocycles. The fourth-order valence-corrected chi connectivity index (χ4v) is 2.39. The summed E-state index contributed by atoms with van der Waals surface area (Å²) in [6.07, 6.45) is 3.41. The Kier molecular flexibility index (Phi) is 4.15.